The number of hydrogen-bond acceptors (Lipinski definition) is 3. The summed E-state index contributed by atoms with van der Waals surface area (Å²) in [7, 11) is 0. The van der Waals surface area contributed by atoms with E-state index in [1.807, 2.05) is 6.92 Å². The van der Waals surface area contributed by atoms with E-state index in [-0.39, 0.29) is 23.7 Å². The van der Waals surface area contributed by atoms with Crippen molar-refractivity contribution in [2.24, 2.45) is 11.8 Å². The van der Waals surface area contributed by atoms with Gasteiger partial charge in [0.25, 0.3) is 5.91 Å². The highest BCUT2D eigenvalue weighted by molar-refractivity contribution is 6.42. The van der Waals surface area contributed by atoms with Crippen molar-refractivity contribution < 1.29 is 14.4 Å². The summed E-state index contributed by atoms with van der Waals surface area (Å²) in [6.07, 6.45) is 2.09. The maximum absolute atomic E-state index is 13.0. The van der Waals surface area contributed by atoms with E-state index in [2.05, 4.69) is 10.6 Å². The van der Waals surface area contributed by atoms with Crippen molar-refractivity contribution in [3.8, 4) is 0 Å². The van der Waals surface area contributed by atoms with Crippen molar-refractivity contribution in [1.29, 1.82) is 0 Å². The van der Waals surface area contributed by atoms with Crippen LogP contribution in [0.5, 0.6) is 0 Å². The molecule has 2 N–H and O–H groups in total. The molecule has 2 unspecified atom stereocenters. The number of carbonyl (C=O) groups is 3. The Balaban J connectivity index is 1.49. The molecule has 6 nitrogen and oxygen atoms in total. The van der Waals surface area contributed by atoms with Gasteiger partial charge in [0, 0.05) is 19.0 Å². The molecule has 1 saturated carbocycles. The predicted octanol–water partition coefficient (Wildman–Crippen LogP) is 2.85. The molecule has 2 aliphatic heterocycles. The first-order chi connectivity index (χ1) is 12.3. The number of nitrogens with one attached hydrogen (secondary N) is 2. The Labute approximate surface area is 161 Å². The van der Waals surface area contributed by atoms with Crippen molar-refractivity contribution in [2.75, 3.05) is 0 Å². The Morgan fingerprint density at radius 3 is 2.27 bits per heavy atom. The van der Waals surface area contributed by atoms with Gasteiger partial charge in [-0.05, 0) is 48.4 Å². The summed E-state index contributed by atoms with van der Waals surface area (Å²) in [5.41, 5.74) is 1.03. The molecule has 1 saturated heterocycles. The first-order valence-electron chi connectivity index (χ1n) is 8.69. The highest BCUT2D eigenvalue weighted by atomic mass is 35.5. The van der Waals surface area contributed by atoms with Gasteiger partial charge in [-0.3, -0.25) is 14.9 Å². The third-order valence-corrected chi connectivity index (χ3v) is 6.29. The summed E-state index contributed by atoms with van der Waals surface area (Å²) in [4.78, 5) is 38.7. The molecule has 2 heterocycles. The lowest BCUT2D eigenvalue weighted by Gasteiger charge is -2.30. The van der Waals surface area contributed by atoms with E-state index in [0.29, 0.717) is 29.6 Å². The quantitative estimate of drug-likeness (QED) is 0.769. The summed E-state index contributed by atoms with van der Waals surface area (Å²) in [6, 6.07) is 3.13. The van der Waals surface area contributed by atoms with Crippen LogP contribution in [0.25, 0.3) is 0 Å². The van der Waals surface area contributed by atoms with Gasteiger partial charge in [-0.2, -0.15) is 0 Å². The smallest absolute Gasteiger partial charge is 0.322 e. The summed E-state index contributed by atoms with van der Waals surface area (Å²) in [6.45, 7) is 2.77. The minimum atomic E-state index is -0.953. The average molecular weight is 396 g/mol. The zero-order valence-electron chi connectivity index (χ0n) is 14.3. The normalized spacial score (nSPS) is 25.7. The van der Waals surface area contributed by atoms with Crippen LogP contribution in [0.1, 0.15) is 37.3 Å². The predicted molar refractivity (Wildman–Crippen MR) is 96.6 cm³/mol. The van der Waals surface area contributed by atoms with Gasteiger partial charge in [-0.1, -0.05) is 30.1 Å². The number of rotatable bonds is 4. The Morgan fingerprint density at radius 1 is 1.23 bits per heavy atom. The fourth-order valence-electron chi connectivity index (χ4n) is 4.11. The molecule has 0 radical (unpaired) electrons. The maximum Gasteiger partial charge on any atom is 0.322 e. The molecule has 0 spiro atoms. The van der Waals surface area contributed by atoms with Gasteiger partial charge in [-0.15, -0.1) is 0 Å². The third kappa shape index (κ3) is 2.85. The molecule has 1 aromatic carbocycles. The fourth-order valence-corrected chi connectivity index (χ4v) is 4.48. The number of urea groups is 1. The van der Waals surface area contributed by atoms with Gasteiger partial charge in [0.1, 0.15) is 5.54 Å². The summed E-state index contributed by atoms with van der Waals surface area (Å²) in [5, 5.41) is 6.06. The van der Waals surface area contributed by atoms with Crippen LogP contribution in [0.15, 0.2) is 12.1 Å². The average Bonchev–Trinajstić information content (AvgIpc) is 3.29. The number of imide groups is 1. The Morgan fingerprint density at radius 2 is 1.81 bits per heavy atom. The van der Waals surface area contributed by atoms with Crippen molar-refractivity contribution in [3.63, 3.8) is 0 Å². The van der Waals surface area contributed by atoms with Crippen LogP contribution >= 0.6 is 23.2 Å². The van der Waals surface area contributed by atoms with Crippen LogP contribution < -0.4 is 10.6 Å². The number of benzene rings is 1. The van der Waals surface area contributed by atoms with Gasteiger partial charge in [-0.25, -0.2) is 4.79 Å². The Bertz CT molecular complexity index is 793. The molecule has 1 aliphatic carbocycles. The van der Waals surface area contributed by atoms with E-state index in [0.717, 1.165) is 24.0 Å². The van der Waals surface area contributed by atoms with Crippen LogP contribution in [0, 0.1) is 11.8 Å². The van der Waals surface area contributed by atoms with E-state index in [9.17, 15) is 14.4 Å². The molecule has 2 atom stereocenters. The summed E-state index contributed by atoms with van der Waals surface area (Å²) >= 11 is 12.1. The van der Waals surface area contributed by atoms with E-state index >= 15 is 0 Å². The number of carbonyl (C=O) groups excluding carboxylic acids is 3. The lowest BCUT2D eigenvalue weighted by atomic mass is 9.83. The molecule has 1 aromatic rings. The largest absolute Gasteiger partial charge is 0.334 e. The van der Waals surface area contributed by atoms with Gasteiger partial charge >= 0.3 is 6.03 Å². The molecule has 138 valence electrons. The highest BCUT2D eigenvalue weighted by Gasteiger charge is 2.56. The molecule has 0 bridgehead atoms. The standard InChI is InChI=1S/C18H19Cl2N3O3/c1-9(6-18(12-2-3-12)16(25)21-17(26)22-18)15(24)23-7-10-4-13(19)14(20)5-11(10)8-23/h4-5,9,12H,2-3,6-8H2,1H3,(H2,21,22,25,26). The van der Waals surface area contributed by atoms with E-state index in [1.54, 1.807) is 17.0 Å². The van der Waals surface area contributed by atoms with Crippen LogP contribution in [0.3, 0.4) is 0 Å². The van der Waals surface area contributed by atoms with Gasteiger partial charge in [0.2, 0.25) is 5.91 Å². The van der Waals surface area contributed by atoms with Crippen molar-refractivity contribution in [1.82, 2.24) is 15.5 Å². The van der Waals surface area contributed by atoms with Crippen LogP contribution in [0.4, 0.5) is 4.79 Å². The van der Waals surface area contributed by atoms with Crippen molar-refractivity contribution in [3.05, 3.63) is 33.3 Å². The van der Waals surface area contributed by atoms with Crippen molar-refractivity contribution >= 4 is 41.0 Å². The molecule has 3 aliphatic rings. The minimum Gasteiger partial charge on any atom is -0.334 e. The third-order valence-electron chi connectivity index (χ3n) is 5.57. The fraction of sp³-hybridized carbons (Fsp3) is 0.500. The monoisotopic (exact) mass is 395 g/mol. The van der Waals surface area contributed by atoms with E-state index in [4.69, 9.17) is 23.2 Å². The molecule has 4 amide bonds. The first-order valence-corrected chi connectivity index (χ1v) is 9.45. The topological polar surface area (TPSA) is 78.5 Å². The molecule has 0 aromatic heterocycles. The molecule has 4 rings (SSSR count). The number of fused-ring (bicyclic) bond motifs is 1. The van der Waals surface area contributed by atoms with Crippen LogP contribution in [-0.2, 0) is 22.7 Å². The summed E-state index contributed by atoms with van der Waals surface area (Å²) in [5.74, 6) is -0.632. The molecular weight excluding hydrogens is 377 g/mol. The zero-order valence-corrected chi connectivity index (χ0v) is 15.8. The second kappa shape index (κ2) is 6.13. The molecule has 8 heteroatoms. The summed E-state index contributed by atoms with van der Waals surface area (Å²) < 4.78 is 0. The zero-order chi connectivity index (χ0) is 18.6. The highest BCUT2D eigenvalue weighted by Crippen LogP contribution is 2.45. The Kier molecular flexibility index (Phi) is 4.15. The molecule has 2 fully saturated rings. The van der Waals surface area contributed by atoms with Crippen LogP contribution in [-0.4, -0.2) is 28.3 Å². The number of halogens is 2. The van der Waals surface area contributed by atoms with Gasteiger partial charge < -0.3 is 10.2 Å². The van der Waals surface area contributed by atoms with Crippen molar-refractivity contribution in [2.45, 2.75) is 44.8 Å². The second-order valence-corrected chi connectivity index (χ2v) is 8.30. The van der Waals surface area contributed by atoms with E-state index < -0.39 is 11.6 Å². The Hall–Kier alpha value is -1.79. The number of amides is 4. The second-order valence-electron chi connectivity index (χ2n) is 7.49. The SMILES string of the molecule is CC(CC1(C2CC2)NC(=O)NC1=O)C(=O)N1Cc2cc(Cl)c(Cl)cc2C1. The van der Waals surface area contributed by atoms with Gasteiger partial charge in [0.05, 0.1) is 10.0 Å². The molecule has 26 heavy (non-hydrogen) atoms. The minimum absolute atomic E-state index is 0.0394. The lowest BCUT2D eigenvalue weighted by molar-refractivity contribution is -0.137. The lowest BCUT2D eigenvalue weighted by Crippen LogP contribution is -2.51. The number of nitrogens with zero attached hydrogens (tertiary/aromatic N) is 1. The molecular formula is C18H19Cl2N3O3. The number of hydrogen-bond donors (Lipinski definition) is 2. The van der Waals surface area contributed by atoms with Gasteiger partial charge in [0.15, 0.2) is 0 Å². The first kappa shape index (κ1) is 17.6. The van der Waals surface area contributed by atoms with Crippen LogP contribution in [0.2, 0.25) is 10.0 Å². The van der Waals surface area contributed by atoms with E-state index in [1.165, 1.54) is 0 Å². The maximum atomic E-state index is 13.0.